The molecular weight excluding hydrogens is 390 g/mol. The van der Waals surface area contributed by atoms with E-state index in [4.69, 9.17) is 4.74 Å². The first-order valence-electron chi connectivity index (χ1n) is 8.39. The molecule has 0 amide bonds. The van der Waals surface area contributed by atoms with E-state index in [-0.39, 0.29) is 5.78 Å². The number of hydrogen-bond acceptors (Lipinski definition) is 3. The van der Waals surface area contributed by atoms with Gasteiger partial charge in [-0.3, -0.25) is 9.78 Å². The number of pyridine rings is 1. The Labute approximate surface area is 162 Å². The summed E-state index contributed by atoms with van der Waals surface area (Å²) in [7, 11) is 0. The molecule has 0 atom stereocenters. The fourth-order valence-corrected chi connectivity index (χ4v) is 3.21. The summed E-state index contributed by atoms with van der Waals surface area (Å²) in [5, 5.41) is 0.305. The monoisotopic (exact) mass is 409 g/mol. The molecule has 2 aromatic carbocycles. The van der Waals surface area contributed by atoms with Crippen LogP contribution >= 0.6 is 15.9 Å². The second kappa shape index (κ2) is 7.83. The average molecular weight is 410 g/mol. The second-order valence-corrected chi connectivity index (χ2v) is 6.90. The maximum atomic E-state index is 11.8. The van der Waals surface area contributed by atoms with Crippen molar-refractivity contribution in [1.29, 1.82) is 0 Å². The highest BCUT2D eigenvalue weighted by atomic mass is 79.9. The number of halogens is 1. The van der Waals surface area contributed by atoms with Gasteiger partial charge in [0, 0.05) is 16.8 Å². The number of ether oxygens (including phenoxy) is 1. The molecule has 0 aliphatic heterocycles. The lowest BCUT2D eigenvalue weighted by molar-refractivity contribution is 0.102. The minimum absolute atomic E-state index is 0.0405. The summed E-state index contributed by atoms with van der Waals surface area (Å²) in [6, 6.07) is 17.7. The molecule has 0 spiro atoms. The van der Waals surface area contributed by atoms with E-state index < -0.39 is 0 Å². The predicted octanol–water partition coefficient (Wildman–Crippen LogP) is 6.04. The van der Waals surface area contributed by atoms with Crippen molar-refractivity contribution < 1.29 is 9.53 Å². The molecule has 26 heavy (non-hydrogen) atoms. The molecule has 0 unspecified atom stereocenters. The van der Waals surface area contributed by atoms with Gasteiger partial charge in [0.2, 0.25) is 0 Å². The Morgan fingerprint density at radius 3 is 2.15 bits per heavy atom. The molecule has 3 aromatic rings. The Kier molecular flexibility index (Phi) is 5.52. The van der Waals surface area contributed by atoms with Crippen LogP contribution in [0.1, 0.15) is 27.2 Å². The maximum Gasteiger partial charge on any atom is 0.175 e. The number of carbonyl (C=O) groups excluding carboxylic acids is 1. The van der Waals surface area contributed by atoms with Gasteiger partial charge < -0.3 is 4.74 Å². The van der Waals surface area contributed by atoms with Crippen molar-refractivity contribution in [2.75, 3.05) is 5.33 Å². The van der Waals surface area contributed by atoms with E-state index in [1.807, 2.05) is 55.5 Å². The number of carbonyl (C=O) groups is 1. The van der Waals surface area contributed by atoms with Crippen molar-refractivity contribution in [3.8, 4) is 22.8 Å². The number of alkyl halides is 1. The molecule has 0 aliphatic carbocycles. The summed E-state index contributed by atoms with van der Waals surface area (Å²) in [4.78, 5) is 16.4. The Bertz CT molecular complexity index is 929. The smallest absolute Gasteiger partial charge is 0.175 e. The summed E-state index contributed by atoms with van der Waals surface area (Å²) >= 11 is 3.20. The van der Waals surface area contributed by atoms with E-state index in [1.165, 1.54) is 11.1 Å². The largest absolute Gasteiger partial charge is 0.457 e. The van der Waals surface area contributed by atoms with Gasteiger partial charge in [-0.15, -0.1) is 0 Å². The Morgan fingerprint density at radius 2 is 1.58 bits per heavy atom. The van der Waals surface area contributed by atoms with Crippen LogP contribution in [0.15, 0.2) is 54.6 Å². The highest BCUT2D eigenvalue weighted by Gasteiger charge is 2.10. The zero-order valence-corrected chi connectivity index (χ0v) is 16.6. The molecular formula is C22H20BrNO2. The number of aromatic nitrogens is 1. The average Bonchev–Trinajstić information content (AvgIpc) is 2.61. The first kappa shape index (κ1) is 18.3. The summed E-state index contributed by atoms with van der Waals surface area (Å²) < 4.78 is 5.95. The second-order valence-electron chi connectivity index (χ2n) is 6.34. The van der Waals surface area contributed by atoms with Gasteiger partial charge in [0.1, 0.15) is 11.5 Å². The molecule has 0 bridgehead atoms. The van der Waals surface area contributed by atoms with E-state index in [0.29, 0.717) is 10.9 Å². The lowest BCUT2D eigenvalue weighted by Crippen LogP contribution is -2.04. The van der Waals surface area contributed by atoms with Gasteiger partial charge in [0.25, 0.3) is 0 Å². The molecule has 0 fully saturated rings. The van der Waals surface area contributed by atoms with E-state index in [9.17, 15) is 4.79 Å². The number of nitrogens with zero attached hydrogens (tertiary/aromatic N) is 1. The molecule has 0 saturated carbocycles. The molecule has 0 aliphatic rings. The molecule has 0 radical (unpaired) electrons. The standard InChI is InChI=1S/C22H20BrNO2/c1-14-10-15(2)12-19(11-14)26-18-6-4-17(5-7-18)21-9-8-20(16(3)24-21)22(25)13-23/h4-12H,13H2,1-3H3. The van der Waals surface area contributed by atoms with E-state index in [0.717, 1.165) is 28.5 Å². The lowest BCUT2D eigenvalue weighted by atomic mass is 10.1. The van der Waals surface area contributed by atoms with Crippen LogP contribution in [0.5, 0.6) is 11.5 Å². The Morgan fingerprint density at radius 1 is 0.923 bits per heavy atom. The zero-order chi connectivity index (χ0) is 18.7. The van der Waals surface area contributed by atoms with E-state index in [2.05, 4.69) is 40.8 Å². The molecule has 3 rings (SSSR count). The predicted molar refractivity (Wildman–Crippen MR) is 109 cm³/mol. The van der Waals surface area contributed by atoms with Gasteiger partial charge in [-0.2, -0.15) is 0 Å². The molecule has 0 N–H and O–H groups in total. The van der Waals surface area contributed by atoms with Gasteiger partial charge >= 0.3 is 0 Å². The normalized spacial score (nSPS) is 10.6. The number of hydrogen-bond donors (Lipinski definition) is 0. The van der Waals surface area contributed by atoms with Crippen molar-refractivity contribution >= 4 is 21.7 Å². The fourth-order valence-electron chi connectivity index (χ4n) is 2.91. The van der Waals surface area contributed by atoms with Crippen molar-refractivity contribution in [3.63, 3.8) is 0 Å². The first-order valence-corrected chi connectivity index (χ1v) is 9.52. The molecule has 3 nitrogen and oxygen atoms in total. The molecule has 0 saturated heterocycles. The molecule has 1 heterocycles. The molecule has 1 aromatic heterocycles. The van der Waals surface area contributed by atoms with Gasteiger partial charge in [-0.1, -0.05) is 22.0 Å². The van der Waals surface area contributed by atoms with Crippen LogP contribution < -0.4 is 4.74 Å². The third-order valence-corrected chi connectivity index (χ3v) is 4.60. The van der Waals surface area contributed by atoms with Crippen LogP contribution in [0.3, 0.4) is 0 Å². The van der Waals surface area contributed by atoms with Crippen molar-refractivity contribution in [1.82, 2.24) is 4.98 Å². The topological polar surface area (TPSA) is 39.2 Å². The fraction of sp³-hybridized carbons (Fsp3) is 0.182. The quantitative estimate of drug-likeness (QED) is 0.380. The van der Waals surface area contributed by atoms with Crippen LogP contribution in [-0.4, -0.2) is 16.1 Å². The maximum absolute atomic E-state index is 11.8. The summed E-state index contributed by atoms with van der Waals surface area (Å²) in [5.41, 5.74) is 5.57. The van der Waals surface area contributed by atoms with Crippen LogP contribution in [0.4, 0.5) is 0 Å². The van der Waals surface area contributed by atoms with Crippen molar-refractivity contribution in [2.45, 2.75) is 20.8 Å². The van der Waals surface area contributed by atoms with Gasteiger partial charge in [-0.05, 0) is 80.4 Å². The third kappa shape index (κ3) is 4.20. The summed E-state index contributed by atoms with van der Waals surface area (Å²) in [6.07, 6.45) is 0. The third-order valence-electron chi connectivity index (χ3n) is 4.09. The summed E-state index contributed by atoms with van der Waals surface area (Å²) in [6.45, 7) is 5.97. The SMILES string of the molecule is Cc1cc(C)cc(Oc2ccc(-c3ccc(C(=O)CBr)c(C)n3)cc2)c1. The zero-order valence-electron chi connectivity index (χ0n) is 15.0. The molecule has 4 heteroatoms. The van der Waals surface area contributed by atoms with E-state index in [1.54, 1.807) is 0 Å². The first-order chi connectivity index (χ1) is 12.5. The number of benzene rings is 2. The van der Waals surface area contributed by atoms with Crippen LogP contribution in [-0.2, 0) is 0 Å². The minimum Gasteiger partial charge on any atom is -0.457 e. The highest BCUT2D eigenvalue weighted by molar-refractivity contribution is 9.09. The highest BCUT2D eigenvalue weighted by Crippen LogP contribution is 2.27. The number of Topliss-reactive ketones (excluding diaryl/α,β-unsaturated/α-hetero) is 1. The Hall–Kier alpha value is -2.46. The molecule has 132 valence electrons. The lowest BCUT2D eigenvalue weighted by Gasteiger charge is -2.09. The number of rotatable bonds is 5. The van der Waals surface area contributed by atoms with Crippen molar-refractivity contribution in [3.05, 3.63) is 77.0 Å². The Balaban J connectivity index is 1.81. The van der Waals surface area contributed by atoms with Gasteiger partial charge in [0.05, 0.1) is 11.0 Å². The minimum atomic E-state index is 0.0405. The van der Waals surface area contributed by atoms with Crippen LogP contribution in [0.25, 0.3) is 11.3 Å². The van der Waals surface area contributed by atoms with Crippen molar-refractivity contribution in [2.24, 2.45) is 0 Å². The van der Waals surface area contributed by atoms with E-state index >= 15 is 0 Å². The van der Waals surface area contributed by atoms with Gasteiger partial charge in [0.15, 0.2) is 5.78 Å². The summed E-state index contributed by atoms with van der Waals surface area (Å²) in [5.74, 6) is 1.65. The van der Waals surface area contributed by atoms with Crippen LogP contribution in [0, 0.1) is 20.8 Å². The van der Waals surface area contributed by atoms with Crippen LogP contribution in [0.2, 0.25) is 0 Å². The number of ketones is 1. The van der Waals surface area contributed by atoms with Gasteiger partial charge in [-0.25, -0.2) is 0 Å². The number of aryl methyl sites for hydroxylation is 3.